The average Bonchev–Trinajstić information content (AvgIpc) is 2.47. The number of pyridine rings is 1. The summed E-state index contributed by atoms with van der Waals surface area (Å²) in [5.74, 6) is 5.55. The fraction of sp³-hybridized carbons (Fsp3) is 0.615. The van der Waals surface area contributed by atoms with Gasteiger partial charge in [-0.05, 0) is 34.8 Å². The molecule has 1 aromatic heterocycles. The standard InChI is InChI=1S/C13H23BrN4O2S/c1-3-5-7-18(8-6-4-2)21(19,20)12-9-11(14)10-16-13(12)17-15/h9-10H,3-8,15H2,1-2H3,(H,16,17). The first-order chi connectivity index (χ1) is 9.97. The molecule has 0 amide bonds. The fourth-order valence-corrected chi connectivity index (χ4v) is 4.02. The number of rotatable bonds is 9. The Balaban J connectivity index is 3.17. The van der Waals surface area contributed by atoms with Crippen molar-refractivity contribution in [3.05, 3.63) is 16.7 Å². The minimum Gasteiger partial charge on any atom is -0.307 e. The number of hydrogen-bond donors (Lipinski definition) is 2. The van der Waals surface area contributed by atoms with Gasteiger partial charge in [0.1, 0.15) is 4.90 Å². The molecule has 0 atom stereocenters. The van der Waals surface area contributed by atoms with E-state index >= 15 is 0 Å². The van der Waals surface area contributed by atoms with Crippen LogP contribution >= 0.6 is 15.9 Å². The van der Waals surface area contributed by atoms with Gasteiger partial charge in [-0.1, -0.05) is 26.7 Å². The van der Waals surface area contributed by atoms with Gasteiger partial charge in [0.05, 0.1) is 0 Å². The predicted molar refractivity (Wildman–Crippen MR) is 88.3 cm³/mol. The summed E-state index contributed by atoms with van der Waals surface area (Å²) in [4.78, 5) is 4.12. The normalized spacial score (nSPS) is 11.9. The van der Waals surface area contributed by atoms with Crippen molar-refractivity contribution < 1.29 is 8.42 Å². The molecule has 120 valence electrons. The van der Waals surface area contributed by atoms with Gasteiger partial charge in [-0.2, -0.15) is 4.31 Å². The van der Waals surface area contributed by atoms with Crippen molar-refractivity contribution in [3.63, 3.8) is 0 Å². The van der Waals surface area contributed by atoms with E-state index in [4.69, 9.17) is 5.84 Å². The van der Waals surface area contributed by atoms with Crippen molar-refractivity contribution >= 4 is 31.8 Å². The van der Waals surface area contributed by atoms with Crippen LogP contribution < -0.4 is 11.3 Å². The summed E-state index contributed by atoms with van der Waals surface area (Å²) in [5, 5.41) is 0. The highest BCUT2D eigenvalue weighted by Gasteiger charge is 2.27. The van der Waals surface area contributed by atoms with Crippen molar-refractivity contribution in [2.75, 3.05) is 18.5 Å². The quantitative estimate of drug-likeness (QED) is 0.509. The Hall–Kier alpha value is -0.700. The number of halogens is 1. The number of aromatic nitrogens is 1. The summed E-state index contributed by atoms with van der Waals surface area (Å²) >= 11 is 3.26. The van der Waals surface area contributed by atoms with Gasteiger partial charge < -0.3 is 5.43 Å². The largest absolute Gasteiger partial charge is 0.307 e. The Morgan fingerprint density at radius 3 is 2.33 bits per heavy atom. The van der Waals surface area contributed by atoms with E-state index in [1.165, 1.54) is 16.6 Å². The van der Waals surface area contributed by atoms with E-state index < -0.39 is 10.0 Å². The number of nitrogens with one attached hydrogen (secondary N) is 1. The molecule has 6 nitrogen and oxygen atoms in total. The number of hydrazine groups is 1. The lowest BCUT2D eigenvalue weighted by atomic mass is 10.3. The van der Waals surface area contributed by atoms with E-state index in [9.17, 15) is 8.42 Å². The molecule has 0 aliphatic heterocycles. The second-order valence-corrected chi connectivity index (χ2v) is 7.58. The van der Waals surface area contributed by atoms with Gasteiger partial charge in [0.2, 0.25) is 10.0 Å². The summed E-state index contributed by atoms with van der Waals surface area (Å²) in [5.41, 5.74) is 2.36. The minimum atomic E-state index is -3.61. The molecule has 8 heteroatoms. The number of nitrogens with zero attached hydrogens (tertiary/aromatic N) is 2. The van der Waals surface area contributed by atoms with Gasteiger partial charge in [-0.15, -0.1) is 0 Å². The van der Waals surface area contributed by atoms with Gasteiger partial charge >= 0.3 is 0 Å². The summed E-state index contributed by atoms with van der Waals surface area (Å²) in [7, 11) is -3.61. The van der Waals surface area contributed by atoms with Crippen LogP contribution in [0.3, 0.4) is 0 Å². The number of anilines is 1. The molecule has 1 rings (SSSR count). The highest BCUT2D eigenvalue weighted by molar-refractivity contribution is 9.10. The van der Waals surface area contributed by atoms with E-state index in [-0.39, 0.29) is 10.7 Å². The van der Waals surface area contributed by atoms with E-state index in [0.717, 1.165) is 25.7 Å². The Bertz CT molecular complexity index is 543. The summed E-state index contributed by atoms with van der Waals surface area (Å²) in [6.45, 7) is 5.10. The fourth-order valence-electron chi connectivity index (χ4n) is 1.89. The zero-order chi connectivity index (χ0) is 15.9. The van der Waals surface area contributed by atoms with Crippen LogP contribution in [0.5, 0.6) is 0 Å². The molecule has 0 aliphatic rings. The third-order valence-corrected chi connectivity index (χ3v) is 5.44. The van der Waals surface area contributed by atoms with E-state index in [1.807, 2.05) is 13.8 Å². The Morgan fingerprint density at radius 1 is 1.29 bits per heavy atom. The van der Waals surface area contributed by atoms with Gasteiger partial charge in [0.25, 0.3) is 0 Å². The second kappa shape index (κ2) is 8.67. The monoisotopic (exact) mass is 378 g/mol. The second-order valence-electron chi connectivity index (χ2n) is 4.76. The van der Waals surface area contributed by atoms with Crippen LogP contribution in [0.1, 0.15) is 39.5 Å². The van der Waals surface area contributed by atoms with Crippen molar-refractivity contribution in [1.82, 2.24) is 9.29 Å². The van der Waals surface area contributed by atoms with Gasteiger partial charge in [-0.3, -0.25) is 0 Å². The lowest BCUT2D eigenvalue weighted by Gasteiger charge is -2.23. The molecule has 0 spiro atoms. The summed E-state index contributed by atoms with van der Waals surface area (Å²) < 4.78 is 27.8. The Labute approximate surface area is 135 Å². The average molecular weight is 379 g/mol. The first-order valence-electron chi connectivity index (χ1n) is 7.09. The summed E-state index contributed by atoms with van der Waals surface area (Å²) in [6, 6.07) is 1.53. The molecular weight excluding hydrogens is 356 g/mol. The lowest BCUT2D eigenvalue weighted by Crippen LogP contribution is -2.34. The third-order valence-electron chi connectivity index (χ3n) is 3.10. The molecule has 1 aromatic rings. The van der Waals surface area contributed by atoms with Crippen LogP contribution in [0.2, 0.25) is 0 Å². The zero-order valence-electron chi connectivity index (χ0n) is 12.5. The van der Waals surface area contributed by atoms with Crippen LogP contribution in [0.15, 0.2) is 21.6 Å². The zero-order valence-corrected chi connectivity index (χ0v) is 14.9. The smallest absolute Gasteiger partial charge is 0.246 e. The van der Waals surface area contributed by atoms with Crippen LogP contribution in [0.25, 0.3) is 0 Å². The molecule has 1 heterocycles. The number of nitrogens with two attached hydrogens (primary N) is 1. The van der Waals surface area contributed by atoms with Crippen molar-refractivity contribution in [2.24, 2.45) is 5.84 Å². The maximum absolute atomic E-state index is 12.8. The molecule has 0 radical (unpaired) electrons. The number of unbranched alkanes of at least 4 members (excludes halogenated alkanes) is 2. The van der Waals surface area contributed by atoms with E-state index in [1.54, 1.807) is 0 Å². The molecule has 0 saturated heterocycles. The van der Waals surface area contributed by atoms with Gasteiger partial charge in [-0.25, -0.2) is 19.2 Å². The van der Waals surface area contributed by atoms with Crippen LogP contribution in [0.4, 0.5) is 5.82 Å². The van der Waals surface area contributed by atoms with Crippen molar-refractivity contribution in [2.45, 2.75) is 44.4 Å². The predicted octanol–water partition coefficient (Wildman–Crippen LogP) is 2.72. The first kappa shape index (κ1) is 18.3. The highest BCUT2D eigenvalue weighted by Crippen LogP contribution is 2.26. The third kappa shape index (κ3) is 4.91. The minimum absolute atomic E-state index is 0.103. The molecule has 21 heavy (non-hydrogen) atoms. The van der Waals surface area contributed by atoms with E-state index in [2.05, 4.69) is 26.3 Å². The molecule has 0 fully saturated rings. The maximum atomic E-state index is 12.8. The lowest BCUT2D eigenvalue weighted by molar-refractivity contribution is 0.395. The SMILES string of the molecule is CCCCN(CCCC)S(=O)(=O)c1cc(Br)cnc1NN. The summed E-state index contributed by atoms with van der Waals surface area (Å²) in [6.07, 6.45) is 5.05. The molecule has 0 bridgehead atoms. The van der Waals surface area contributed by atoms with Crippen LogP contribution in [0, 0.1) is 0 Å². The number of hydrogen-bond acceptors (Lipinski definition) is 5. The molecule has 0 saturated carbocycles. The number of nitrogen functional groups attached to an aromatic ring is 1. The molecule has 0 aromatic carbocycles. The van der Waals surface area contributed by atoms with Gasteiger partial charge in [0, 0.05) is 23.8 Å². The number of sulfonamides is 1. The Kier molecular flexibility index (Phi) is 7.58. The molecule has 3 N–H and O–H groups in total. The molecule has 0 aliphatic carbocycles. The maximum Gasteiger partial charge on any atom is 0.246 e. The van der Waals surface area contributed by atoms with Crippen LogP contribution in [-0.4, -0.2) is 30.8 Å². The highest BCUT2D eigenvalue weighted by atomic mass is 79.9. The van der Waals surface area contributed by atoms with Crippen LogP contribution in [-0.2, 0) is 10.0 Å². The topological polar surface area (TPSA) is 88.3 Å². The van der Waals surface area contributed by atoms with Crippen molar-refractivity contribution in [3.8, 4) is 0 Å². The molecular formula is C13H23BrN4O2S. The first-order valence-corrected chi connectivity index (χ1v) is 9.33. The molecule has 0 unspecified atom stereocenters. The Morgan fingerprint density at radius 2 is 1.86 bits per heavy atom. The van der Waals surface area contributed by atoms with Gasteiger partial charge in [0.15, 0.2) is 5.82 Å². The van der Waals surface area contributed by atoms with E-state index in [0.29, 0.717) is 17.6 Å². The van der Waals surface area contributed by atoms with Crippen molar-refractivity contribution in [1.29, 1.82) is 0 Å².